The van der Waals surface area contributed by atoms with Crippen molar-refractivity contribution in [1.29, 1.82) is 0 Å². The fourth-order valence-electron chi connectivity index (χ4n) is 9.77. The molecule has 0 spiro atoms. The van der Waals surface area contributed by atoms with E-state index in [9.17, 15) is 14.4 Å². The van der Waals surface area contributed by atoms with Crippen LogP contribution in [0, 0.1) is 11.7 Å². The Morgan fingerprint density at radius 1 is 0.864 bits per heavy atom. The highest BCUT2D eigenvalue weighted by molar-refractivity contribution is 6.05. The second-order valence-electron chi connectivity index (χ2n) is 17.7. The molecule has 0 radical (unpaired) electrons. The van der Waals surface area contributed by atoms with Gasteiger partial charge in [-0.1, -0.05) is 0 Å². The Kier molecular flexibility index (Phi) is 9.98. The molecule has 4 aliphatic heterocycles. The second kappa shape index (κ2) is 15.5. The first-order chi connectivity index (χ1) is 28.6. The summed E-state index contributed by atoms with van der Waals surface area (Å²) < 4.78 is 28.4. The SMILES string of the molecule is CC1(Oc2ccc3n[nH]c(-c4cc(N5CCC(OC6CCC(CN7CCN(c8cc9c(cc8F)C(=O)N(C8CCC(=O)NC8=O)C9)CC7)CC6)CC5)ncn4)c3c2)CC1. The number of carbonyl (C=O) groups is 3. The number of nitrogens with zero attached hydrogens (tertiary/aromatic N) is 7. The van der Waals surface area contributed by atoms with Crippen LogP contribution in [0.2, 0.25) is 0 Å². The topological polar surface area (TPSA) is 149 Å². The van der Waals surface area contributed by atoms with Crippen LogP contribution in [0.5, 0.6) is 5.75 Å². The predicted molar refractivity (Wildman–Crippen MR) is 219 cm³/mol. The summed E-state index contributed by atoms with van der Waals surface area (Å²) in [5, 5.41) is 11.0. The van der Waals surface area contributed by atoms with E-state index in [1.807, 2.05) is 12.1 Å². The van der Waals surface area contributed by atoms with Crippen molar-refractivity contribution in [2.45, 2.75) is 102 Å². The van der Waals surface area contributed by atoms with Crippen molar-refractivity contribution in [3.8, 4) is 17.1 Å². The van der Waals surface area contributed by atoms with Gasteiger partial charge in [0.25, 0.3) is 5.91 Å². The van der Waals surface area contributed by atoms with Crippen LogP contribution < -0.4 is 19.9 Å². The smallest absolute Gasteiger partial charge is 0.255 e. The number of piperidine rings is 2. The molecule has 1 unspecified atom stereocenters. The van der Waals surface area contributed by atoms with Crippen molar-refractivity contribution in [2.24, 2.45) is 5.92 Å². The first-order valence-corrected chi connectivity index (χ1v) is 21.5. The van der Waals surface area contributed by atoms with E-state index in [1.54, 1.807) is 12.4 Å². The lowest BCUT2D eigenvalue weighted by Gasteiger charge is -2.40. The number of imide groups is 1. The van der Waals surface area contributed by atoms with Gasteiger partial charge in [-0.2, -0.15) is 5.10 Å². The molecule has 6 aliphatic rings. The normalized spacial score (nSPS) is 25.1. The van der Waals surface area contributed by atoms with Crippen LogP contribution in [0.15, 0.2) is 42.7 Å². The molecular formula is C44H52FN9O5. The molecule has 6 heterocycles. The van der Waals surface area contributed by atoms with Crippen LogP contribution in [-0.2, 0) is 20.9 Å². The highest BCUT2D eigenvalue weighted by atomic mass is 19.1. The molecule has 2 aliphatic carbocycles. The number of aromatic amines is 1. The number of hydrogen-bond donors (Lipinski definition) is 2. The second-order valence-corrected chi connectivity index (χ2v) is 17.7. The maximum Gasteiger partial charge on any atom is 0.255 e. The molecule has 10 rings (SSSR count). The minimum atomic E-state index is -0.713. The van der Waals surface area contributed by atoms with E-state index in [1.165, 1.54) is 11.0 Å². The highest BCUT2D eigenvalue weighted by Gasteiger charge is 2.41. The lowest BCUT2D eigenvalue weighted by atomic mass is 9.86. The average Bonchev–Trinajstić information content (AvgIpc) is 3.68. The lowest BCUT2D eigenvalue weighted by molar-refractivity contribution is -0.136. The Morgan fingerprint density at radius 3 is 2.41 bits per heavy atom. The number of ether oxygens (including phenoxy) is 2. The lowest BCUT2D eigenvalue weighted by Crippen LogP contribution is -2.52. The van der Waals surface area contributed by atoms with Crippen molar-refractivity contribution >= 4 is 40.1 Å². The summed E-state index contributed by atoms with van der Waals surface area (Å²) >= 11 is 0. The van der Waals surface area contributed by atoms with E-state index in [4.69, 9.17) is 9.47 Å². The number of hydrogen-bond acceptors (Lipinski definition) is 11. The largest absolute Gasteiger partial charge is 0.488 e. The summed E-state index contributed by atoms with van der Waals surface area (Å²) in [4.78, 5) is 54.8. The summed E-state index contributed by atoms with van der Waals surface area (Å²) in [6.07, 6.45) is 11.2. The number of rotatable bonds is 10. The molecule has 0 bridgehead atoms. The number of carbonyl (C=O) groups excluding carboxylic acids is 3. The van der Waals surface area contributed by atoms with Gasteiger partial charge in [0.05, 0.1) is 34.8 Å². The van der Waals surface area contributed by atoms with Gasteiger partial charge in [0, 0.05) is 75.8 Å². The van der Waals surface area contributed by atoms with Crippen LogP contribution >= 0.6 is 0 Å². The standard InChI is InChI=1S/C44H52FN9O5/c1-44(12-13-44)59-31-6-7-35-33(21-31)41(50-49-35)36-23-39(47-26-46-36)53-14-10-30(11-15-53)58-29-4-2-27(3-5-29)24-51-16-18-52(19-17-51)38-20-28-25-54(43(57)32(28)22-34(38)45)37-8-9-40(55)48-42(37)56/h6-7,20-23,26-27,29-30,37H,2-5,8-19,24-25H2,1H3,(H,49,50)(H,48,55,56). The molecule has 3 saturated heterocycles. The Labute approximate surface area is 342 Å². The molecule has 4 aromatic rings. The van der Waals surface area contributed by atoms with Crippen LogP contribution in [0.25, 0.3) is 22.3 Å². The average molecular weight is 806 g/mol. The minimum Gasteiger partial charge on any atom is -0.488 e. The van der Waals surface area contributed by atoms with E-state index < -0.39 is 17.8 Å². The van der Waals surface area contributed by atoms with Gasteiger partial charge in [0.2, 0.25) is 11.8 Å². The number of amides is 3. The van der Waals surface area contributed by atoms with Gasteiger partial charge in [0.1, 0.15) is 35.4 Å². The van der Waals surface area contributed by atoms with E-state index in [0.717, 1.165) is 124 Å². The number of benzene rings is 2. The van der Waals surface area contributed by atoms with Crippen molar-refractivity contribution < 1.29 is 28.2 Å². The third-order valence-electron chi connectivity index (χ3n) is 13.5. The Hall–Kier alpha value is -5.15. The summed E-state index contributed by atoms with van der Waals surface area (Å²) in [5.41, 5.74) is 4.07. The molecule has 2 aromatic heterocycles. The molecule has 1 atom stereocenters. The molecular weight excluding hydrogens is 754 g/mol. The third kappa shape index (κ3) is 7.86. The zero-order chi connectivity index (χ0) is 40.3. The first-order valence-electron chi connectivity index (χ1n) is 21.5. The van der Waals surface area contributed by atoms with E-state index in [2.05, 4.69) is 59.2 Å². The van der Waals surface area contributed by atoms with Crippen LogP contribution in [0.3, 0.4) is 0 Å². The molecule has 59 heavy (non-hydrogen) atoms. The molecule has 15 heteroatoms. The fraction of sp³-hybridized carbons (Fsp3) is 0.545. The number of anilines is 2. The summed E-state index contributed by atoms with van der Waals surface area (Å²) in [6, 6.07) is 10.5. The van der Waals surface area contributed by atoms with Crippen LogP contribution in [0.4, 0.5) is 15.9 Å². The Balaban J connectivity index is 0.667. The van der Waals surface area contributed by atoms with E-state index >= 15 is 4.39 Å². The van der Waals surface area contributed by atoms with Gasteiger partial charge in [-0.05, 0) is 107 Å². The number of piperazine rings is 1. The van der Waals surface area contributed by atoms with Gasteiger partial charge >= 0.3 is 0 Å². The molecule has 5 fully saturated rings. The monoisotopic (exact) mass is 805 g/mol. The maximum atomic E-state index is 15.4. The molecule has 2 aromatic carbocycles. The Bertz CT molecular complexity index is 2260. The number of fused-ring (bicyclic) bond motifs is 2. The fourth-order valence-corrected chi connectivity index (χ4v) is 9.77. The van der Waals surface area contributed by atoms with Crippen molar-refractivity contribution in [1.82, 2.24) is 35.3 Å². The van der Waals surface area contributed by atoms with Crippen LogP contribution in [0.1, 0.15) is 87.1 Å². The third-order valence-corrected chi connectivity index (χ3v) is 13.5. The zero-order valence-electron chi connectivity index (χ0n) is 33.6. The Morgan fingerprint density at radius 2 is 1.64 bits per heavy atom. The summed E-state index contributed by atoms with van der Waals surface area (Å²) in [5.74, 6) is 0.849. The van der Waals surface area contributed by atoms with Crippen molar-refractivity contribution in [3.63, 3.8) is 0 Å². The number of nitrogens with one attached hydrogen (secondary N) is 2. The summed E-state index contributed by atoms with van der Waals surface area (Å²) in [6.45, 7) is 8.34. The molecule has 2 N–H and O–H groups in total. The molecule has 2 saturated carbocycles. The molecule has 3 amide bonds. The number of halogens is 1. The van der Waals surface area contributed by atoms with Crippen molar-refractivity contribution in [3.05, 3.63) is 59.7 Å². The molecule has 310 valence electrons. The van der Waals surface area contributed by atoms with Gasteiger partial charge in [-0.15, -0.1) is 0 Å². The van der Waals surface area contributed by atoms with Crippen LogP contribution in [-0.4, -0.2) is 117 Å². The van der Waals surface area contributed by atoms with Gasteiger partial charge in [0.15, 0.2) is 0 Å². The van der Waals surface area contributed by atoms with Gasteiger partial charge in [-0.25, -0.2) is 14.4 Å². The van der Waals surface area contributed by atoms with Gasteiger partial charge in [-0.3, -0.25) is 29.7 Å². The summed E-state index contributed by atoms with van der Waals surface area (Å²) in [7, 11) is 0. The van der Waals surface area contributed by atoms with Crippen molar-refractivity contribution in [2.75, 3.05) is 55.6 Å². The van der Waals surface area contributed by atoms with Gasteiger partial charge < -0.3 is 24.2 Å². The molecule has 14 nitrogen and oxygen atoms in total. The minimum absolute atomic E-state index is 0.0507. The van der Waals surface area contributed by atoms with E-state index in [-0.39, 0.29) is 42.9 Å². The predicted octanol–water partition coefficient (Wildman–Crippen LogP) is 5.22. The number of aromatic nitrogens is 4. The van der Waals surface area contributed by atoms with E-state index in [0.29, 0.717) is 36.4 Å². The number of H-pyrrole nitrogens is 1. The zero-order valence-corrected chi connectivity index (χ0v) is 33.6. The quantitative estimate of drug-likeness (QED) is 0.204. The highest BCUT2D eigenvalue weighted by Crippen LogP contribution is 2.41. The first kappa shape index (κ1) is 38.1. The maximum absolute atomic E-state index is 15.4.